The van der Waals surface area contributed by atoms with Crippen LogP contribution in [0.3, 0.4) is 0 Å². The van der Waals surface area contributed by atoms with Crippen LogP contribution in [-0.2, 0) is 22.5 Å². The van der Waals surface area contributed by atoms with Crippen LogP contribution in [0.15, 0.2) is 47.8 Å². The Bertz CT molecular complexity index is 1060. The number of hydrogen-bond donors (Lipinski definition) is 1. The number of carbonyl (C=O) groups is 1. The molecule has 1 aromatic heterocycles. The Morgan fingerprint density at radius 1 is 1.06 bits per heavy atom. The monoisotopic (exact) mass is 437 g/mol. The number of benzene rings is 2. The predicted octanol–water partition coefficient (Wildman–Crippen LogP) is 3.55. The Kier molecular flexibility index (Phi) is 5.84. The molecule has 2 aliphatic heterocycles. The zero-order valence-corrected chi connectivity index (χ0v) is 17.8. The van der Waals surface area contributed by atoms with Crippen molar-refractivity contribution in [3.8, 4) is 22.1 Å². The summed E-state index contributed by atoms with van der Waals surface area (Å²) in [6, 6.07) is 13.9. The van der Waals surface area contributed by atoms with Gasteiger partial charge in [-0.3, -0.25) is 9.69 Å². The first-order valence-corrected chi connectivity index (χ1v) is 11.1. The molecule has 5 rings (SSSR count). The molecule has 0 saturated carbocycles. The molecule has 0 atom stereocenters. The number of morpholine rings is 1. The second-order valence-corrected chi connectivity index (χ2v) is 8.38. The smallest absolute Gasteiger partial charge is 0.231 e. The minimum Gasteiger partial charge on any atom is -0.454 e. The number of hydrogen-bond acceptors (Lipinski definition) is 7. The number of rotatable bonds is 6. The van der Waals surface area contributed by atoms with Gasteiger partial charge in [-0.15, -0.1) is 11.3 Å². The lowest BCUT2D eigenvalue weighted by Gasteiger charge is -2.26. The van der Waals surface area contributed by atoms with E-state index in [4.69, 9.17) is 14.2 Å². The van der Waals surface area contributed by atoms with E-state index in [2.05, 4.69) is 39.5 Å². The zero-order chi connectivity index (χ0) is 21.0. The number of anilines is 1. The summed E-state index contributed by atoms with van der Waals surface area (Å²) in [5.74, 6) is 1.22. The predicted molar refractivity (Wildman–Crippen MR) is 119 cm³/mol. The number of fused-ring (bicyclic) bond motifs is 1. The van der Waals surface area contributed by atoms with E-state index in [1.165, 1.54) is 5.56 Å². The van der Waals surface area contributed by atoms with E-state index in [9.17, 15) is 4.79 Å². The maximum Gasteiger partial charge on any atom is 0.231 e. The van der Waals surface area contributed by atoms with Crippen molar-refractivity contribution in [3.63, 3.8) is 0 Å². The van der Waals surface area contributed by atoms with Gasteiger partial charge >= 0.3 is 0 Å². The van der Waals surface area contributed by atoms with E-state index in [1.807, 2.05) is 5.38 Å². The van der Waals surface area contributed by atoms with Crippen molar-refractivity contribution in [1.82, 2.24) is 9.88 Å². The lowest BCUT2D eigenvalue weighted by Crippen LogP contribution is -2.35. The fourth-order valence-electron chi connectivity index (χ4n) is 3.63. The standard InChI is InChI=1S/C23H23N3O4S/c27-22(24-18-5-6-20-21(11-18)30-15-29-20)12-19-14-31-23(25-19)17-3-1-16(2-4-17)13-26-7-9-28-10-8-26/h1-6,11,14H,7-10,12-13,15H2,(H,24,27). The molecular formula is C23H23N3O4S. The van der Waals surface area contributed by atoms with Gasteiger partial charge in [0.15, 0.2) is 11.5 Å². The Hall–Kier alpha value is -2.94. The van der Waals surface area contributed by atoms with E-state index in [1.54, 1.807) is 29.5 Å². The van der Waals surface area contributed by atoms with Crippen LogP contribution in [-0.4, -0.2) is 48.9 Å². The van der Waals surface area contributed by atoms with Crippen LogP contribution in [0.1, 0.15) is 11.3 Å². The van der Waals surface area contributed by atoms with E-state index in [0.29, 0.717) is 17.2 Å². The van der Waals surface area contributed by atoms with E-state index >= 15 is 0 Å². The summed E-state index contributed by atoms with van der Waals surface area (Å²) in [5.41, 5.74) is 3.79. The van der Waals surface area contributed by atoms with Crippen molar-refractivity contribution < 1.29 is 19.0 Å². The first kappa shape index (κ1) is 20.0. The second-order valence-electron chi connectivity index (χ2n) is 7.52. The summed E-state index contributed by atoms with van der Waals surface area (Å²) in [7, 11) is 0. The molecule has 0 unspecified atom stereocenters. The van der Waals surface area contributed by atoms with Gasteiger partial charge in [-0.25, -0.2) is 4.98 Å². The molecule has 3 heterocycles. The third-order valence-electron chi connectivity index (χ3n) is 5.26. The lowest BCUT2D eigenvalue weighted by molar-refractivity contribution is -0.115. The highest BCUT2D eigenvalue weighted by Crippen LogP contribution is 2.34. The third-order valence-corrected chi connectivity index (χ3v) is 6.20. The van der Waals surface area contributed by atoms with Crippen LogP contribution in [0.4, 0.5) is 5.69 Å². The van der Waals surface area contributed by atoms with Crippen LogP contribution in [0.25, 0.3) is 10.6 Å². The van der Waals surface area contributed by atoms with E-state index in [0.717, 1.165) is 49.1 Å². The number of aromatic nitrogens is 1. The highest BCUT2D eigenvalue weighted by molar-refractivity contribution is 7.13. The largest absolute Gasteiger partial charge is 0.454 e. The molecule has 0 bridgehead atoms. The average molecular weight is 438 g/mol. The van der Waals surface area contributed by atoms with Crippen LogP contribution < -0.4 is 14.8 Å². The normalized spacial score (nSPS) is 15.7. The van der Waals surface area contributed by atoms with Crippen molar-refractivity contribution >= 4 is 22.9 Å². The summed E-state index contributed by atoms with van der Waals surface area (Å²) in [5, 5.41) is 5.75. The van der Waals surface area contributed by atoms with Crippen molar-refractivity contribution in [1.29, 1.82) is 0 Å². The van der Waals surface area contributed by atoms with Crippen molar-refractivity contribution in [2.24, 2.45) is 0 Å². The lowest BCUT2D eigenvalue weighted by atomic mass is 10.1. The van der Waals surface area contributed by atoms with E-state index in [-0.39, 0.29) is 19.1 Å². The highest BCUT2D eigenvalue weighted by Gasteiger charge is 2.15. The fourth-order valence-corrected chi connectivity index (χ4v) is 4.46. The minimum absolute atomic E-state index is 0.114. The molecule has 160 valence electrons. The quantitative estimate of drug-likeness (QED) is 0.636. The Labute approximate surface area is 184 Å². The molecule has 31 heavy (non-hydrogen) atoms. The summed E-state index contributed by atoms with van der Waals surface area (Å²) in [4.78, 5) is 19.5. The van der Waals surface area contributed by atoms with E-state index < -0.39 is 0 Å². The number of ether oxygens (including phenoxy) is 3. The average Bonchev–Trinajstić information content (AvgIpc) is 3.44. The molecule has 1 saturated heterocycles. The number of thiazole rings is 1. The van der Waals surface area contributed by atoms with Crippen molar-refractivity contribution in [2.45, 2.75) is 13.0 Å². The molecule has 2 aliphatic rings. The SMILES string of the molecule is O=C(Cc1csc(-c2ccc(CN3CCOCC3)cc2)n1)Nc1ccc2c(c1)OCO2. The van der Waals surface area contributed by atoms with Crippen LogP contribution in [0, 0.1) is 0 Å². The maximum atomic E-state index is 12.4. The van der Waals surface area contributed by atoms with Crippen molar-refractivity contribution in [3.05, 3.63) is 59.1 Å². The molecule has 1 N–H and O–H groups in total. The molecule has 3 aromatic rings. The van der Waals surface area contributed by atoms with Gasteiger partial charge < -0.3 is 19.5 Å². The summed E-state index contributed by atoms with van der Waals surface area (Å²) in [6.07, 6.45) is 0.222. The summed E-state index contributed by atoms with van der Waals surface area (Å²) in [6.45, 7) is 4.72. The maximum absolute atomic E-state index is 12.4. The molecular weight excluding hydrogens is 414 g/mol. The number of carbonyl (C=O) groups excluding carboxylic acids is 1. The molecule has 0 radical (unpaired) electrons. The van der Waals surface area contributed by atoms with Crippen LogP contribution >= 0.6 is 11.3 Å². The van der Waals surface area contributed by atoms with Crippen LogP contribution in [0.2, 0.25) is 0 Å². The van der Waals surface area contributed by atoms with Gasteiger partial charge in [0, 0.05) is 42.3 Å². The first-order chi connectivity index (χ1) is 15.2. The van der Waals surface area contributed by atoms with Crippen molar-refractivity contribution in [2.75, 3.05) is 38.4 Å². The zero-order valence-electron chi connectivity index (χ0n) is 17.0. The molecule has 1 amide bonds. The molecule has 0 aliphatic carbocycles. The Balaban J connectivity index is 1.18. The molecule has 2 aromatic carbocycles. The summed E-state index contributed by atoms with van der Waals surface area (Å²) < 4.78 is 16.1. The second kappa shape index (κ2) is 9.05. The van der Waals surface area contributed by atoms with Gasteiger partial charge in [0.05, 0.1) is 25.3 Å². The Morgan fingerprint density at radius 3 is 2.71 bits per heavy atom. The minimum atomic E-state index is -0.114. The van der Waals surface area contributed by atoms with Gasteiger partial charge in [-0.1, -0.05) is 24.3 Å². The van der Waals surface area contributed by atoms with Gasteiger partial charge in [0.25, 0.3) is 0 Å². The molecule has 8 heteroatoms. The Morgan fingerprint density at radius 2 is 1.87 bits per heavy atom. The van der Waals surface area contributed by atoms with Gasteiger partial charge in [0.2, 0.25) is 12.7 Å². The number of nitrogens with one attached hydrogen (secondary N) is 1. The van der Waals surface area contributed by atoms with Gasteiger partial charge in [0.1, 0.15) is 5.01 Å². The van der Waals surface area contributed by atoms with Gasteiger partial charge in [-0.05, 0) is 17.7 Å². The van der Waals surface area contributed by atoms with Crippen LogP contribution in [0.5, 0.6) is 11.5 Å². The number of amides is 1. The fraction of sp³-hybridized carbons (Fsp3) is 0.304. The third kappa shape index (κ3) is 4.87. The highest BCUT2D eigenvalue weighted by atomic mass is 32.1. The molecule has 0 spiro atoms. The first-order valence-electron chi connectivity index (χ1n) is 10.3. The number of nitrogens with zero attached hydrogens (tertiary/aromatic N) is 2. The summed E-state index contributed by atoms with van der Waals surface area (Å²) >= 11 is 1.55. The topological polar surface area (TPSA) is 72.9 Å². The molecule has 1 fully saturated rings. The van der Waals surface area contributed by atoms with Gasteiger partial charge in [-0.2, -0.15) is 0 Å². The molecule has 7 nitrogen and oxygen atoms in total.